The zero-order chi connectivity index (χ0) is 20.1. The van der Waals surface area contributed by atoms with Crippen LogP contribution in [0.3, 0.4) is 0 Å². The highest BCUT2D eigenvalue weighted by molar-refractivity contribution is 7.89. The number of hydrogen-bond acceptors (Lipinski definition) is 3. The summed E-state index contributed by atoms with van der Waals surface area (Å²) in [7, 11) is -3.46. The predicted molar refractivity (Wildman–Crippen MR) is 116 cm³/mol. The third-order valence-corrected chi connectivity index (χ3v) is 7.78. The lowest BCUT2D eigenvalue weighted by Gasteiger charge is -2.34. The molecule has 0 amide bonds. The molecule has 2 aromatic rings. The molecule has 4 nitrogen and oxygen atoms in total. The Balaban J connectivity index is 1.62. The Morgan fingerprint density at radius 3 is 2.11 bits per heavy atom. The monoisotopic (exact) mass is 440 g/mol. The fraction of sp³-hybridized carbons (Fsp3) is 0.429. The van der Waals surface area contributed by atoms with Crippen LogP contribution in [0.4, 0.5) is 0 Å². The first-order chi connectivity index (χ1) is 13.4. The summed E-state index contributed by atoms with van der Waals surface area (Å²) >= 11 is 12.5. The highest BCUT2D eigenvalue weighted by atomic mass is 35.5. The molecule has 0 spiro atoms. The van der Waals surface area contributed by atoms with Gasteiger partial charge in [-0.25, -0.2) is 8.42 Å². The van der Waals surface area contributed by atoms with Gasteiger partial charge in [0.15, 0.2) is 0 Å². The number of benzene rings is 2. The van der Waals surface area contributed by atoms with Crippen molar-refractivity contribution in [3.05, 3.63) is 63.6 Å². The summed E-state index contributed by atoms with van der Waals surface area (Å²) in [5.74, 6) is 0. The third-order valence-electron chi connectivity index (χ3n) is 5.15. The minimum atomic E-state index is -3.46. The van der Waals surface area contributed by atoms with Gasteiger partial charge in [-0.15, -0.1) is 0 Å². The first-order valence-electron chi connectivity index (χ1n) is 9.66. The second-order valence-corrected chi connectivity index (χ2v) is 9.88. The van der Waals surface area contributed by atoms with Crippen molar-refractivity contribution < 1.29 is 8.42 Å². The van der Waals surface area contributed by atoms with Crippen molar-refractivity contribution in [2.45, 2.75) is 37.6 Å². The maximum atomic E-state index is 13.0. The van der Waals surface area contributed by atoms with Crippen LogP contribution in [0.1, 0.15) is 30.9 Å². The molecule has 0 unspecified atom stereocenters. The van der Waals surface area contributed by atoms with Crippen LogP contribution in [-0.4, -0.2) is 43.8 Å². The van der Waals surface area contributed by atoms with E-state index in [-0.39, 0.29) is 0 Å². The number of hydrogen-bond donors (Lipinski definition) is 0. The van der Waals surface area contributed by atoms with Gasteiger partial charge in [-0.1, -0.05) is 54.7 Å². The molecule has 1 saturated heterocycles. The number of rotatable bonds is 7. The van der Waals surface area contributed by atoms with E-state index in [1.165, 1.54) is 5.56 Å². The normalized spacial score (nSPS) is 16.4. The van der Waals surface area contributed by atoms with E-state index in [1.54, 1.807) is 16.4 Å². The molecular formula is C21H26Cl2N2O2S. The van der Waals surface area contributed by atoms with Crippen molar-refractivity contribution in [2.75, 3.05) is 26.2 Å². The largest absolute Gasteiger partial charge is 0.296 e. The summed E-state index contributed by atoms with van der Waals surface area (Å²) in [6.07, 6.45) is 3.23. The molecule has 0 N–H and O–H groups in total. The Kier molecular flexibility index (Phi) is 7.40. The fourth-order valence-corrected chi connectivity index (χ4v) is 5.33. The summed E-state index contributed by atoms with van der Waals surface area (Å²) in [6, 6.07) is 12.8. The minimum absolute atomic E-state index is 0.371. The Bertz CT molecular complexity index is 873. The quantitative estimate of drug-likeness (QED) is 0.617. The van der Waals surface area contributed by atoms with Crippen molar-refractivity contribution >= 4 is 33.2 Å². The third kappa shape index (κ3) is 5.08. The zero-order valence-corrected chi connectivity index (χ0v) is 18.4. The molecular weight excluding hydrogens is 415 g/mol. The number of nitrogens with zero attached hydrogens (tertiary/aromatic N) is 2. The number of piperazine rings is 1. The Morgan fingerprint density at radius 2 is 1.54 bits per heavy atom. The molecule has 152 valence electrons. The van der Waals surface area contributed by atoms with Crippen LogP contribution < -0.4 is 0 Å². The molecule has 7 heteroatoms. The SMILES string of the molecule is CCCCc1ccc(S(=O)(=O)N2CCN(Cc3c(Cl)cccc3Cl)CC2)cc1. The second kappa shape index (κ2) is 9.59. The predicted octanol–water partition coefficient (Wildman–Crippen LogP) is 4.84. The topological polar surface area (TPSA) is 40.6 Å². The molecule has 3 rings (SSSR count). The molecule has 1 fully saturated rings. The molecule has 0 aliphatic carbocycles. The Morgan fingerprint density at radius 1 is 0.929 bits per heavy atom. The summed E-state index contributed by atoms with van der Waals surface area (Å²) in [5.41, 5.74) is 2.08. The van der Waals surface area contributed by atoms with E-state index in [0.29, 0.717) is 47.7 Å². The second-order valence-electron chi connectivity index (χ2n) is 7.13. The fourth-order valence-electron chi connectivity index (χ4n) is 3.39. The van der Waals surface area contributed by atoms with Crippen LogP contribution in [-0.2, 0) is 23.0 Å². The van der Waals surface area contributed by atoms with E-state index >= 15 is 0 Å². The highest BCUT2D eigenvalue weighted by Crippen LogP contribution is 2.26. The maximum Gasteiger partial charge on any atom is 0.243 e. The standard InChI is InChI=1S/C21H26Cl2N2O2S/c1-2-3-5-17-8-10-18(11-9-17)28(26,27)25-14-12-24(13-15-25)16-19-20(22)6-4-7-21(19)23/h4,6-11H,2-3,5,12-16H2,1H3. The average molecular weight is 441 g/mol. The van der Waals surface area contributed by atoms with Crippen LogP contribution in [0.25, 0.3) is 0 Å². The van der Waals surface area contributed by atoms with Gasteiger partial charge in [-0.05, 0) is 42.7 Å². The van der Waals surface area contributed by atoms with Crippen molar-refractivity contribution in [2.24, 2.45) is 0 Å². The van der Waals surface area contributed by atoms with Gasteiger partial charge in [-0.2, -0.15) is 4.31 Å². The van der Waals surface area contributed by atoms with E-state index in [9.17, 15) is 8.42 Å². The summed E-state index contributed by atoms with van der Waals surface area (Å²) in [5, 5.41) is 1.29. The molecule has 0 radical (unpaired) electrons. The van der Waals surface area contributed by atoms with Crippen LogP contribution in [0.2, 0.25) is 10.0 Å². The van der Waals surface area contributed by atoms with E-state index in [2.05, 4.69) is 11.8 Å². The van der Waals surface area contributed by atoms with E-state index in [0.717, 1.165) is 24.8 Å². The van der Waals surface area contributed by atoms with Gasteiger partial charge in [0.05, 0.1) is 4.90 Å². The first kappa shape index (κ1) is 21.6. The number of unbranched alkanes of at least 4 members (excludes halogenated alkanes) is 1. The molecule has 1 aliphatic rings. The Labute approximate surface area is 178 Å². The van der Waals surface area contributed by atoms with Crippen LogP contribution in [0.15, 0.2) is 47.4 Å². The Hall–Kier alpha value is -1.11. The zero-order valence-electron chi connectivity index (χ0n) is 16.1. The number of halogens is 2. The van der Waals surface area contributed by atoms with Gasteiger partial charge in [0.25, 0.3) is 0 Å². The highest BCUT2D eigenvalue weighted by Gasteiger charge is 2.28. The van der Waals surface area contributed by atoms with Crippen molar-refractivity contribution in [1.82, 2.24) is 9.21 Å². The number of aryl methyl sites for hydroxylation is 1. The molecule has 28 heavy (non-hydrogen) atoms. The lowest BCUT2D eigenvalue weighted by Crippen LogP contribution is -2.48. The van der Waals surface area contributed by atoms with Crippen LogP contribution >= 0.6 is 23.2 Å². The van der Waals surface area contributed by atoms with E-state index < -0.39 is 10.0 Å². The smallest absolute Gasteiger partial charge is 0.243 e. The lowest BCUT2D eigenvalue weighted by molar-refractivity contribution is 0.181. The van der Waals surface area contributed by atoms with Crippen molar-refractivity contribution in [1.29, 1.82) is 0 Å². The van der Waals surface area contributed by atoms with Gasteiger partial charge < -0.3 is 0 Å². The molecule has 2 aromatic carbocycles. The first-order valence-corrected chi connectivity index (χ1v) is 11.9. The van der Waals surface area contributed by atoms with E-state index in [4.69, 9.17) is 23.2 Å². The van der Waals surface area contributed by atoms with Gasteiger partial charge >= 0.3 is 0 Å². The summed E-state index contributed by atoms with van der Waals surface area (Å²) in [6.45, 7) is 4.99. The number of sulfonamides is 1. The maximum absolute atomic E-state index is 13.0. The molecule has 0 atom stereocenters. The molecule has 0 saturated carbocycles. The van der Waals surface area contributed by atoms with Gasteiger partial charge in [0, 0.05) is 48.3 Å². The molecule has 1 heterocycles. The van der Waals surface area contributed by atoms with Crippen LogP contribution in [0, 0.1) is 0 Å². The van der Waals surface area contributed by atoms with Crippen LogP contribution in [0.5, 0.6) is 0 Å². The van der Waals surface area contributed by atoms with E-state index in [1.807, 2.05) is 30.3 Å². The van der Waals surface area contributed by atoms with Gasteiger partial charge in [-0.3, -0.25) is 4.90 Å². The van der Waals surface area contributed by atoms with Gasteiger partial charge in [0.2, 0.25) is 10.0 Å². The van der Waals surface area contributed by atoms with Gasteiger partial charge in [0.1, 0.15) is 0 Å². The molecule has 1 aliphatic heterocycles. The minimum Gasteiger partial charge on any atom is -0.296 e. The molecule has 0 aromatic heterocycles. The lowest BCUT2D eigenvalue weighted by atomic mass is 10.1. The summed E-state index contributed by atoms with van der Waals surface area (Å²) in [4.78, 5) is 2.56. The summed E-state index contributed by atoms with van der Waals surface area (Å²) < 4.78 is 27.5. The van der Waals surface area contributed by atoms with Crippen molar-refractivity contribution in [3.8, 4) is 0 Å². The van der Waals surface area contributed by atoms with Crippen molar-refractivity contribution in [3.63, 3.8) is 0 Å². The average Bonchev–Trinajstić information content (AvgIpc) is 2.70. The molecule has 0 bridgehead atoms.